The van der Waals surface area contributed by atoms with Crippen molar-refractivity contribution in [2.45, 2.75) is 19.0 Å². The molecule has 0 unspecified atom stereocenters. The molecule has 100 valence electrons. The Morgan fingerprint density at radius 2 is 2.05 bits per heavy atom. The predicted molar refractivity (Wildman–Crippen MR) is 74.3 cm³/mol. The second-order valence-corrected chi connectivity index (χ2v) is 5.29. The first-order chi connectivity index (χ1) is 8.99. The van der Waals surface area contributed by atoms with Crippen molar-refractivity contribution in [3.63, 3.8) is 0 Å². The number of hydrogen-bond acceptors (Lipinski definition) is 4. The highest BCUT2D eigenvalue weighted by molar-refractivity contribution is 7.99. The molecule has 0 bridgehead atoms. The molecule has 19 heavy (non-hydrogen) atoms. The average molecular weight is 277 g/mol. The van der Waals surface area contributed by atoms with E-state index < -0.39 is 5.97 Å². The molecule has 0 aliphatic carbocycles. The van der Waals surface area contributed by atoms with Crippen LogP contribution in [-0.4, -0.2) is 31.6 Å². The third-order valence-electron chi connectivity index (χ3n) is 2.92. The maximum Gasteiger partial charge on any atom is 0.313 e. The Labute approximate surface area is 115 Å². The summed E-state index contributed by atoms with van der Waals surface area (Å²) in [7, 11) is 1.84. The number of carboxylic acids is 1. The summed E-state index contributed by atoms with van der Waals surface area (Å²) in [5.41, 5.74) is 3.41. The van der Waals surface area contributed by atoms with E-state index in [2.05, 4.69) is 30.1 Å². The van der Waals surface area contributed by atoms with Crippen LogP contribution < -0.4 is 0 Å². The lowest BCUT2D eigenvalue weighted by atomic mass is 10.1. The van der Waals surface area contributed by atoms with Gasteiger partial charge in [0.05, 0.1) is 5.75 Å². The topological polar surface area (TPSA) is 68.0 Å². The van der Waals surface area contributed by atoms with E-state index in [9.17, 15) is 4.79 Å². The number of carboxylic acid groups (broad SMARTS) is 1. The van der Waals surface area contributed by atoms with E-state index in [0.717, 1.165) is 11.4 Å². The molecule has 0 aliphatic rings. The largest absolute Gasteiger partial charge is 0.481 e. The van der Waals surface area contributed by atoms with Crippen molar-refractivity contribution in [1.29, 1.82) is 0 Å². The van der Waals surface area contributed by atoms with E-state index in [4.69, 9.17) is 5.11 Å². The Morgan fingerprint density at radius 3 is 2.68 bits per heavy atom. The molecular weight excluding hydrogens is 262 g/mol. The van der Waals surface area contributed by atoms with Gasteiger partial charge in [0.15, 0.2) is 11.0 Å². The molecule has 0 radical (unpaired) electrons. The number of aromatic nitrogens is 3. The van der Waals surface area contributed by atoms with Gasteiger partial charge in [-0.15, -0.1) is 10.2 Å². The Morgan fingerprint density at radius 1 is 1.32 bits per heavy atom. The van der Waals surface area contributed by atoms with Crippen LogP contribution in [0, 0.1) is 13.8 Å². The van der Waals surface area contributed by atoms with Crippen LogP contribution in [0.2, 0.25) is 0 Å². The highest BCUT2D eigenvalue weighted by atomic mass is 32.2. The van der Waals surface area contributed by atoms with Gasteiger partial charge in [0.25, 0.3) is 0 Å². The van der Waals surface area contributed by atoms with E-state index in [1.807, 2.05) is 23.7 Å². The predicted octanol–water partition coefficient (Wildman–Crippen LogP) is 2.28. The first kappa shape index (κ1) is 13.6. The molecule has 0 amide bonds. The van der Waals surface area contributed by atoms with Crippen LogP contribution in [0.25, 0.3) is 11.4 Å². The molecule has 5 nitrogen and oxygen atoms in total. The molecule has 1 aromatic heterocycles. The van der Waals surface area contributed by atoms with Crippen LogP contribution in [0.1, 0.15) is 11.1 Å². The Bertz CT molecular complexity index is 622. The number of aliphatic carboxylic acids is 1. The summed E-state index contributed by atoms with van der Waals surface area (Å²) in [5.74, 6) is -0.129. The fourth-order valence-corrected chi connectivity index (χ4v) is 2.33. The number of benzene rings is 1. The van der Waals surface area contributed by atoms with Gasteiger partial charge in [-0.2, -0.15) is 0 Å². The number of hydrogen-bond donors (Lipinski definition) is 1. The number of nitrogens with zero attached hydrogens (tertiary/aromatic N) is 3. The van der Waals surface area contributed by atoms with Crippen LogP contribution in [0.5, 0.6) is 0 Å². The Hall–Kier alpha value is -1.82. The molecule has 2 rings (SSSR count). The zero-order chi connectivity index (χ0) is 14.0. The van der Waals surface area contributed by atoms with Crippen LogP contribution in [0.4, 0.5) is 0 Å². The number of rotatable bonds is 4. The second kappa shape index (κ2) is 5.44. The monoisotopic (exact) mass is 277 g/mol. The molecule has 0 atom stereocenters. The second-order valence-electron chi connectivity index (χ2n) is 4.35. The highest BCUT2D eigenvalue weighted by Crippen LogP contribution is 2.24. The summed E-state index contributed by atoms with van der Waals surface area (Å²) in [5, 5.41) is 17.4. The molecule has 1 N–H and O–H groups in total. The van der Waals surface area contributed by atoms with Gasteiger partial charge < -0.3 is 9.67 Å². The quantitative estimate of drug-likeness (QED) is 0.868. The van der Waals surface area contributed by atoms with E-state index in [-0.39, 0.29) is 5.75 Å². The molecular formula is C13H15N3O2S. The molecule has 0 saturated heterocycles. The molecule has 0 saturated carbocycles. The molecule has 0 spiro atoms. The molecule has 2 aromatic rings. The van der Waals surface area contributed by atoms with Crippen LogP contribution in [0.15, 0.2) is 23.4 Å². The fraction of sp³-hybridized carbons (Fsp3) is 0.308. The zero-order valence-corrected chi connectivity index (χ0v) is 11.9. The Balaban J connectivity index is 2.30. The molecule has 1 aromatic carbocycles. The lowest BCUT2D eigenvalue weighted by Crippen LogP contribution is -2.01. The SMILES string of the molecule is Cc1ccc(-c2nnc(SCC(=O)O)n2C)cc1C. The summed E-state index contributed by atoms with van der Waals surface area (Å²) in [4.78, 5) is 10.6. The van der Waals surface area contributed by atoms with Crippen molar-refractivity contribution in [3.8, 4) is 11.4 Å². The summed E-state index contributed by atoms with van der Waals surface area (Å²) in [6.07, 6.45) is 0. The molecule has 0 fully saturated rings. The van der Waals surface area contributed by atoms with Gasteiger partial charge >= 0.3 is 5.97 Å². The minimum absolute atomic E-state index is 0.0150. The first-order valence-corrected chi connectivity index (χ1v) is 6.79. The smallest absolute Gasteiger partial charge is 0.313 e. The van der Waals surface area contributed by atoms with Gasteiger partial charge in [-0.3, -0.25) is 4.79 Å². The molecule has 0 aliphatic heterocycles. The number of thioether (sulfide) groups is 1. The number of aryl methyl sites for hydroxylation is 2. The van der Waals surface area contributed by atoms with Crippen molar-refractivity contribution in [1.82, 2.24) is 14.8 Å². The minimum atomic E-state index is -0.860. The third kappa shape index (κ3) is 2.96. The zero-order valence-electron chi connectivity index (χ0n) is 11.0. The van der Waals surface area contributed by atoms with E-state index >= 15 is 0 Å². The maximum absolute atomic E-state index is 10.6. The van der Waals surface area contributed by atoms with Gasteiger partial charge in [0.1, 0.15) is 0 Å². The van der Waals surface area contributed by atoms with Crippen molar-refractivity contribution < 1.29 is 9.90 Å². The maximum atomic E-state index is 10.6. The lowest BCUT2D eigenvalue weighted by Gasteiger charge is -2.05. The average Bonchev–Trinajstić information content (AvgIpc) is 2.72. The number of carbonyl (C=O) groups is 1. The molecule has 1 heterocycles. The summed E-state index contributed by atoms with van der Waals surface area (Å²) >= 11 is 1.17. The van der Waals surface area contributed by atoms with Gasteiger partial charge in [-0.05, 0) is 31.0 Å². The third-order valence-corrected chi connectivity index (χ3v) is 3.93. The van der Waals surface area contributed by atoms with E-state index in [1.165, 1.54) is 22.9 Å². The highest BCUT2D eigenvalue weighted by Gasteiger charge is 2.12. The summed E-state index contributed by atoms with van der Waals surface area (Å²) in [6, 6.07) is 6.10. The van der Waals surface area contributed by atoms with Crippen LogP contribution in [-0.2, 0) is 11.8 Å². The van der Waals surface area contributed by atoms with Gasteiger partial charge in [-0.25, -0.2) is 0 Å². The van der Waals surface area contributed by atoms with Gasteiger partial charge in [0.2, 0.25) is 0 Å². The van der Waals surface area contributed by atoms with Crippen LogP contribution >= 0.6 is 11.8 Å². The standard InChI is InChI=1S/C13H15N3O2S/c1-8-4-5-10(6-9(8)2)12-14-15-13(16(12)3)19-7-11(17)18/h4-6H,7H2,1-3H3,(H,17,18). The normalized spacial score (nSPS) is 10.7. The summed E-state index contributed by atoms with van der Waals surface area (Å²) in [6.45, 7) is 4.11. The van der Waals surface area contributed by atoms with Crippen molar-refractivity contribution in [3.05, 3.63) is 29.3 Å². The Kier molecular flexibility index (Phi) is 3.90. The first-order valence-electron chi connectivity index (χ1n) is 5.80. The van der Waals surface area contributed by atoms with Crippen molar-refractivity contribution in [2.75, 3.05) is 5.75 Å². The summed E-state index contributed by atoms with van der Waals surface area (Å²) < 4.78 is 1.82. The van der Waals surface area contributed by atoms with E-state index in [1.54, 1.807) is 0 Å². The van der Waals surface area contributed by atoms with Crippen LogP contribution in [0.3, 0.4) is 0 Å². The van der Waals surface area contributed by atoms with E-state index in [0.29, 0.717) is 5.16 Å². The fourth-order valence-electron chi connectivity index (χ4n) is 1.70. The lowest BCUT2D eigenvalue weighted by molar-refractivity contribution is -0.133. The van der Waals surface area contributed by atoms with Gasteiger partial charge in [-0.1, -0.05) is 23.9 Å². The van der Waals surface area contributed by atoms with Gasteiger partial charge in [0, 0.05) is 12.6 Å². The van der Waals surface area contributed by atoms with Crippen molar-refractivity contribution >= 4 is 17.7 Å². The minimum Gasteiger partial charge on any atom is -0.481 e. The molecule has 6 heteroatoms. The van der Waals surface area contributed by atoms with Crippen molar-refractivity contribution in [2.24, 2.45) is 7.05 Å².